The number of carboxylic acid groups (broad SMARTS) is 1. The van der Waals surface area contributed by atoms with Gasteiger partial charge in [0.15, 0.2) is 0 Å². The second kappa shape index (κ2) is 6.22. The van der Waals surface area contributed by atoms with Crippen LogP contribution >= 0.6 is 0 Å². The van der Waals surface area contributed by atoms with E-state index in [2.05, 4.69) is 4.90 Å². The van der Waals surface area contributed by atoms with E-state index >= 15 is 0 Å². The molecule has 6 heteroatoms. The Balaban J connectivity index is 2.05. The van der Waals surface area contributed by atoms with E-state index < -0.39 is 23.6 Å². The lowest BCUT2D eigenvalue weighted by molar-refractivity contribution is -0.144. The molecule has 0 radical (unpaired) electrons. The lowest BCUT2D eigenvalue weighted by Gasteiger charge is -2.40. The van der Waals surface area contributed by atoms with Crippen molar-refractivity contribution in [2.24, 2.45) is 5.92 Å². The second-order valence-corrected chi connectivity index (χ2v) is 7.05. The number of likely N-dealkylation sites (tertiary alicyclic amines) is 2. The summed E-state index contributed by atoms with van der Waals surface area (Å²) in [6.07, 6.45) is 2.52. The van der Waals surface area contributed by atoms with Crippen LogP contribution in [0.2, 0.25) is 0 Å². The maximum absolute atomic E-state index is 12.2. The Morgan fingerprint density at radius 3 is 2.29 bits per heavy atom. The fraction of sp³-hybridized carbons (Fsp3) is 0.867. The predicted octanol–water partition coefficient (Wildman–Crippen LogP) is 1.79. The van der Waals surface area contributed by atoms with E-state index in [9.17, 15) is 14.7 Å². The first-order valence-electron chi connectivity index (χ1n) is 7.71. The summed E-state index contributed by atoms with van der Waals surface area (Å²) in [5.41, 5.74) is -0.559. The highest BCUT2D eigenvalue weighted by molar-refractivity contribution is 5.73. The third-order valence-electron chi connectivity index (χ3n) is 4.09. The Morgan fingerprint density at radius 1 is 1.14 bits per heavy atom. The van der Waals surface area contributed by atoms with Crippen LogP contribution in [0.4, 0.5) is 4.79 Å². The Morgan fingerprint density at radius 2 is 1.76 bits per heavy atom. The molecule has 0 aromatic rings. The van der Waals surface area contributed by atoms with Crippen LogP contribution < -0.4 is 0 Å². The van der Waals surface area contributed by atoms with Crippen LogP contribution in [0, 0.1) is 5.92 Å². The SMILES string of the molecule is CC(C)(C)OC(=O)N1C[C@H](C(=O)O)C[C@@H](N2CCCC2)C1. The Kier molecular flexibility index (Phi) is 4.76. The van der Waals surface area contributed by atoms with E-state index in [4.69, 9.17) is 4.74 Å². The number of hydrogen-bond donors (Lipinski definition) is 1. The number of carbonyl (C=O) groups excluding carboxylic acids is 1. The quantitative estimate of drug-likeness (QED) is 0.841. The Labute approximate surface area is 126 Å². The van der Waals surface area contributed by atoms with Crippen LogP contribution in [-0.4, -0.2) is 64.8 Å². The second-order valence-electron chi connectivity index (χ2n) is 7.05. The van der Waals surface area contributed by atoms with Crippen molar-refractivity contribution < 1.29 is 19.4 Å². The van der Waals surface area contributed by atoms with Gasteiger partial charge in [0.1, 0.15) is 5.60 Å². The number of ether oxygens (including phenoxy) is 1. The van der Waals surface area contributed by atoms with E-state index in [0.29, 0.717) is 13.0 Å². The van der Waals surface area contributed by atoms with Gasteiger partial charge >= 0.3 is 12.1 Å². The van der Waals surface area contributed by atoms with Gasteiger partial charge in [0.2, 0.25) is 0 Å². The molecule has 2 heterocycles. The molecule has 2 aliphatic rings. The standard InChI is InChI=1S/C15H26N2O4/c1-15(2,3)21-14(20)17-9-11(13(18)19)8-12(10-17)16-6-4-5-7-16/h11-12H,4-10H2,1-3H3,(H,18,19)/t11-,12-/m1/s1. The van der Waals surface area contributed by atoms with E-state index in [0.717, 1.165) is 25.9 Å². The molecule has 2 fully saturated rings. The van der Waals surface area contributed by atoms with Crippen LogP contribution in [0.5, 0.6) is 0 Å². The van der Waals surface area contributed by atoms with Crippen molar-refractivity contribution >= 4 is 12.1 Å². The predicted molar refractivity (Wildman–Crippen MR) is 78.1 cm³/mol. The summed E-state index contributed by atoms with van der Waals surface area (Å²) >= 11 is 0. The van der Waals surface area contributed by atoms with Crippen LogP contribution in [0.1, 0.15) is 40.0 Å². The molecule has 6 nitrogen and oxygen atoms in total. The highest BCUT2D eigenvalue weighted by Gasteiger charge is 2.38. The molecule has 2 aliphatic heterocycles. The minimum absolute atomic E-state index is 0.134. The number of nitrogens with zero attached hydrogens (tertiary/aromatic N) is 2. The van der Waals surface area contributed by atoms with Crippen molar-refractivity contribution in [3.05, 3.63) is 0 Å². The molecule has 2 atom stereocenters. The van der Waals surface area contributed by atoms with Crippen LogP contribution in [0.15, 0.2) is 0 Å². The van der Waals surface area contributed by atoms with Gasteiger partial charge in [-0.2, -0.15) is 0 Å². The number of rotatable bonds is 2. The van der Waals surface area contributed by atoms with E-state index in [1.54, 1.807) is 4.90 Å². The number of amides is 1. The van der Waals surface area contributed by atoms with Crippen molar-refractivity contribution in [2.45, 2.75) is 51.7 Å². The third-order valence-corrected chi connectivity index (χ3v) is 4.09. The maximum Gasteiger partial charge on any atom is 0.410 e. The molecular formula is C15H26N2O4. The number of aliphatic carboxylic acids is 1. The Bertz CT molecular complexity index is 399. The van der Waals surface area contributed by atoms with E-state index in [1.807, 2.05) is 20.8 Å². The molecule has 0 spiro atoms. The highest BCUT2D eigenvalue weighted by atomic mass is 16.6. The zero-order chi connectivity index (χ0) is 15.6. The summed E-state index contributed by atoms with van der Waals surface area (Å²) in [4.78, 5) is 27.5. The molecule has 1 N–H and O–H groups in total. The molecular weight excluding hydrogens is 272 g/mol. The largest absolute Gasteiger partial charge is 0.481 e. The number of hydrogen-bond acceptors (Lipinski definition) is 4. The third kappa shape index (κ3) is 4.33. The highest BCUT2D eigenvalue weighted by Crippen LogP contribution is 2.25. The van der Waals surface area contributed by atoms with Crippen molar-refractivity contribution in [1.29, 1.82) is 0 Å². The minimum Gasteiger partial charge on any atom is -0.481 e. The number of carbonyl (C=O) groups is 2. The molecule has 0 bridgehead atoms. The zero-order valence-corrected chi connectivity index (χ0v) is 13.2. The fourth-order valence-corrected chi connectivity index (χ4v) is 3.10. The first-order chi connectivity index (χ1) is 9.76. The molecule has 2 rings (SSSR count). The Hall–Kier alpha value is -1.30. The van der Waals surface area contributed by atoms with Crippen molar-refractivity contribution in [1.82, 2.24) is 9.80 Å². The lowest BCUT2D eigenvalue weighted by atomic mass is 9.93. The average Bonchev–Trinajstić information content (AvgIpc) is 2.90. The molecule has 21 heavy (non-hydrogen) atoms. The van der Waals surface area contributed by atoms with E-state index in [1.165, 1.54) is 0 Å². The van der Waals surface area contributed by atoms with Crippen molar-refractivity contribution in [3.8, 4) is 0 Å². The normalized spacial score (nSPS) is 27.7. The first kappa shape index (κ1) is 16.1. The summed E-state index contributed by atoms with van der Waals surface area (Å²) in [6.45, 7) is 8.27. The van der Waals surface area contributed by atoms with Gasteiger partial charge in [-0.3, -0.25) is 9.69 Å². The van der Waals surface area contributed by atoms with Gasteiger partial charge in [-0.25, -0.2) is 4.79 Å². The smallest absolute Gasteiger partial charge is 0.410 e. The van der Waals surface area contributed by atoms with Gasteiger partial charge in [-0.15, -0.1) is 0 Å². The topological polar surface area (TPSA) is 70.1 Å². The molecule has 0 aromatic heterocycles. The van der Waals surface area contributed by atoms with Gasteiger partial charge in [-0.05, 0) is 53.1 Å². The molecule has 120 valence electrons. The van der Waals surface area contributed by atoms with Gasteiger partial charge in [-0.1, -0.05) is 0 Å². The van der Waals surface area contributed by atoms with Crippen molar-refractivity contribution in [2.75, 3.05) is 26.2 Å². The number of piperidine rings is 1. The van der Waals surface area contributed by atoms with Crippen LogP contribution in [0.25, 0.3) is 0 Å². The summed E-state index contributed by atoms with van der Waals surface area (Å²) in [7, 11) is 0. The van der Waals surface area contributed by atoms with Gasteiger partial charge < -0.3 is 14.7 Å². The average molecular weight is 298 g/mol. The summed E-state index contributed by atoms with van der Waals surface area (Å²) in [5, 5.41) is 9.33. The monoisotopic (exact) mass is 298 g/mol. The molecule has 0 aromatic carbocycles. The maximum atomic E-state index is 12.2. The zero-order valence-electron chi connectivity index (χ0n) is 13.2. The molecule has 0 saturated carbocycles. The fourth-order valence-electron chi connectivity index (χ4n) is 3.10. The first-order valence-corrected chi connectivity index (χ1v) is 7.71. The summed E-state index contributed by atoms with van der Waals surface area (Å²) < 4.78 is 5.39. The number of carboxylic acids is 1. The summed E-state index contributed by atoms with van der Waals surface area (Å²) in [5.74, 6) is -1.33. The molecule has 0 aliphatic carbocycles. The van der Waals surface area contributed by atoms with Gasteiger partial charge in [0, 0.05) is 19.1 Å². The van der Waals surface area contributed by atoms with E-state index in [-0.39, 0.29) is 12.6 Å². The van der Waals surface area contributed by atoms with Gasteiger partial charge in [0.25, 0.3) is 0 Å². The van der Waals surface area contributed by atoms with Crippen LogP contribution in [0.3, 0.4) is 0 Å². The minimum atomic E-state index is -0.826. The van der Waals surface area contributed by atoms with Crippen molar-refractivity contribution in [3.63, 3.8) is 0 Å². The van der Waals surface area contributed by atoms with Crippen LogP contribution in [-0.2, 0) is 9.53 Å². The summed E-state index contributed by atoms with van der Waals surface area (Å²) in [6, 6.07) is 0.134. The van der Waals surface area contributed by atoms with Gasteiger partial charge in [0.05, 0.1) is 5.92 Å². The molecule has 2 saturated heterocycles. The molecule has 0 unspecified atom stereocenters. The molecule has 1 amide bonds. The lowest BCUT2D eigenvalue weighted by Crippen LogP contribution is -2.54.